The van der Waals surface area contributed by atoms with E-state index in [1.165, 1.54) is 12.1 Å². The van der Waals surface area contributed by atoms with Gasteiger partial charge in [-0.05, 0) is 42.0 Å². The number of Topliss-reactive ketones (excluding diaryl/α,β-unsaturated/α-hetero) is 1. The molecule has 1 aromatic carbocycles. The van der Waals surface area contributed by atoms with E-state index in [0.29, 0.717) is 24.4 Å². The first kappa shape index (κ1) is 16.8. The van der Waals surface area contributed by atoms with Crippen LogP contribution in [-0.4, -0.2) is 18.9 Å². The molecule has 0 heterocycles. The zero-order chi connectivity index (χ0) is 15.2. The van der Waals surface area contributed by atoms with Crippen molar-refractivity contribution in [3.8, 4) is 0 Å². The Labute approximate surface area is 121 Å². The summed E-state index contributed by atoms with van der Waals surface area (Å²) in [5.41, 5.74) is 0.822. The summed E-state index contributed by atoms with van der Waals surface area (Å²) in [6, 6.07) is 5.74. The molecule has 0 unspecified atom stereocenters. The average Bonchev–Trinajstić information content (AvgIpc) is 2.33. The van der Waals surface area contributed by atoms with Gasteiger partial charge >= 0.3 is 0 Å². The number of nitrogens with one attached hydrogen (secondary N) is 1. The van der Waals surface area contributed by atoms with Gasteiger partial charge < -0.3 is 5.32 Å². The summed E-state index contributed by atoms with van der Waals surface area (Å²) in [5, 5.41) is 3.35. The smallest absolute Gasteiger partial charge is 0.164 e. The largest absolute Gasteiger partial charge is 0.316 e. The van der Waals surface area contributed by atoms with Crippen LogP contribution in [-0.2, 0) is 0 Å². The van der Waals surface area contributed by atoms with Crippen LogP contribution in [0.2, 0.25) is 0 Å². The molecule has 0 bridgehead atoms. The van der Waals surface area contributed by atoms with E-state index in [9.17, 15) is 9.18 Å². The topological polar surface area (TPSA) is 29.1 Å². The Morgan fingerprint density at radius 2 is 1.85 bits per heavy atom. The van der Waals surface area contributed by atoms with Gasteiger partial charge in [0.1, 0.15) is 5.82 Å². The highest BCUT2D eigenvalue weighted by Gasteiger charge is 2.18. The summed E-state index contributed by atoms with van der Waals surface area (Å²) in [5.74, 6) is 0.418. The van der Waals surface area contributed by atoms with Crippen molar-refractivity contribution in [3.63, 3.8) is 0 Å². The van der Waals surface area contributed by atoms with Gasteiger partial charge in [-0.1, -0.05) is 27.7 Å². The maximum atomic E-state index is 12.8. The lowest BCUT2D eigenvalue weighted by atomic mass is 9.84. The van der Waals surface area contributed by atoms with Crippen molar-refractivity contribution in [3.05, 3.63) is 35.6 Å². The van der Waals surface area contributed by atoms with Gasteiger partial charge in [-0.25, -0.2) is 4.39 Å². The molecule has 0 aliphatic rings. The fraction of sp³-hybridized carbons (Fsp3) is 0.588. The first-order chi connectivity index (χ1) is 9.30. The number of ketones is 1. The molecule has 0 aliphatic carbocycles. The third-order valence-electron chi connectivity index (χ3n) is 3.26. The highest BCUT2D eigenvalue weighted by molar-refractivity contribution is 5.96. The van der Waals surface area contributed by atoms with Crippen molar-refractivity contribution < 1.29 is 9.18 Å². The fourth-order valence-electron chi connectivity index (χ4n) is 2.59. The van der Waals surface area contributed by atoms with E-state index in [1.54, 1.807) is 12.1 Å². The molecule has 2 nitrogen and oxygen atoms in total. The van der Waals surface area contributed by atoms with E-state index in [4.69, 9.17) is 0 Å². The zero-order valence-corrected chi connectivity index (χ0v) is 13.0. The number of hydrogen-bond donors (Lipinski definition) is 1. The SMILES string of the molecule is CC(C)CC(C)(C)CNCCC(=O)c1ccc(F)cc1. The lowest BCUT2D eigenvalue weighted by molar-refractivity contribution is 0.0981. The number of benzene rings is 1. The Morgan fingerprint density at radius 3 is 2.40 bits per heavy atom. The van der Waals surface area contributed by atoms with Crippen molar-refractivity contribution in [2.45, 2.75) is 40.5 Å². The maximum Gasteiger partial charge on any atom is 0.164 e. The van der Waals surface area contributed by atoms with Crippen molar-refractivity contribution in [2.24, 2.45) is 11.3 Å². The van der Waals surface area contributed by atoms with Gasteiger partial charge in [0.05, 0.1) is 0 Å². The van der Waals surface area contributed by atoms with Gasteiger partial charge in [-0.2, -0.15) is 0 Å². The van der Waals surface area contributed by atoms with E-state index in [2.05, 4.69) is 33.0 Å². The molecule has 0 saturated heterocycles. The summed E-state index contributed by atoms with van der Waals surface area (Å²) in [6.07, 6.45) is 1.61. The molecule has 0 aliphatic heterocycles. The lowest BCUT2D eigenvalue weighted by Crippen LogP contribution is -2.31. The van der Waals surface area contributed by atoms with Crippen LogP contribution >= 0.6 is 0 Å². The predicted octanol–water partition coefficient (Wildman–Crippen LogP) is 4.06. The molecule has 1 N–H and O–H groups in total. The van der Waals surface area contributed by atoms with Crippen molar-refractivity contribution in [1.82, 2.24) is 5.32 Å². The Bertz CT molecular complexity index is 423. The predicted molar refractivity (Wildman–Crippen MR) is 81.5 cm³/mol. The molecule has 1 aromatic rings. The molecule has 112 valence electrons. The van der Waals surface area contributed by atoms with Gasteiger partial charge in [0.25, 0.3) is 0 Å². The first-order valence-electron chi connectivity index (χ1n) is 7.30. The minimum absolute atomic E-state index is 0.0548. The van der Waals surface area contributed by atoms with Crippen molar-refractivity contribution in [2.75, 3.05) is 13.1 Å². The van der Waals surface area contributed by atoms with Crippen LogP contribution in [0.1, 0.15) is 50.9 Å². The number of rotatable bonds is 8. The Hall–Kier alpha value is -1.22. The van der Waals surface area contributed by atoms with Gasteiger partial charge in [-0.15, -0.1) is 0 Å². The van der Waals surface area contributed by atoms with Crippen LogP contribution < -0.4 is 5.32 Å². The molecule has 0 radical (unpaired) electrons. The molecular formula is C17H26FNO. The molecule has 20 heavy (non-hydrogen) atoms. The van der Waals surface area contributed by atoms with E-state index < -0.39 is 0 Å². The minimum Gasteiger partial charge on any atom is -0.316 e. The molecule has 0 saturated carbocycles. The highest BCUT2D eigenvalue weighted by atomic mass is 19.1. The van der Waals surface area contributed by atoms with Crippen molar-refractivity contribution >= 4 is 5.78 Å². The van der Waals surface area contributed by atoms with E-state index in [0.717, 1.165) is 13.0 Å². The summed E-state index contributed by atoms with van der Waals surface area (Å²) in [4.78, 5) is 11.9. The number of halogens is 1. The van der Waals surface area contributed by atoms with Crippen molar-refractivity contribution in [1.29, 1.82) is 0 Å². The van der Waals surface area contributed by atoms with Gasteiger partial charge in [0.2, 0.25) is 0 Å². The number of carbonyl (C=O) groups excluding carboxylic acids is 1. The second-order valence-electron chi connectivity index (χ2n) is 6.62. The van der Waals surface area contributed by atoms with Crippen LogP contribution in [0, 0.1) is 17.2 Å². The van der Waals surface area contributed by atoms with E-state index in [1.807, 2.05) is 0 Å². The third-order valence-corrected chi connectivity index (χ3v) is 3.26. The minimum atomic E-state index is -0.310. The summed E-state index contributed by atoms with van der Waals surface area (Å²) < 4.78 is 12.8. The highest BCUT2D eigenvalue weighted by Crippen LogP contribution is 2.23. The molecule has 0 fully saturated rings. The van der Waals surface area contributed by atoms with Gasteiger partial charge in [0.15, 0.2) is 5.78 Å². The molecule has 0 spiro atoms. The van der Waals surface area contributed by atoms with Crippen LogP contribution in [0.3, 0.4) is 0 Å². The lowest BCUT2D eigenvalue weighted by Gasteiger charge is -2.27. The molecular weight excluding hydrogens is 253 g/mol. The van der Waals surface area contributed by atoms with E-state index in [-0.39, 0.29) is 17.0 Å². The summed E-state index contributed by atoms with van der Waals surface area (Å²) >= 11 is 0. The second-order valence-corrected chi connectivity index (χ2v) is 6.62. The Kier molecular flexibility index (Phi) is 6.34. The third kappa shape index (κ3) is 6.29. The Morgan fingerprint density at radius 1 is 1.25 bits per heavy atom. The summed E-state index contributed by atoms with van der Waals surface area (Å²) in [7, 11) is 0. The monoisotopic (exact) mass is 279 g/mol. The zero-order valence-electron chi connectivity index (χ0n) is 13.0. The standard InChI is InChI=1S/C17H26FNO/c1-13(2)11-17(3,4)12-19-10-9-16(20)14-5-7-15(18)8-6-14/h5-8,13,19H,9-12H2,1-4H3. The molecule has 1 rings (SSSR count). The van der Waals surface area contributed by atoms with Crippen LogP contribution in [0.25, 0.3) is 0 Å². The van der Waals surface area contributed by atoms with Crippen LogP contribution in [0.15, 0.2) is 24.3 Å². The maximum absolute atomic E-state index is 12.8. The number of hydrogen-bond acceptors (Lipinski definition) is 2. The van der Waals surface area contributed by atoms with Crippen LogP contribution in [0.5, 0.6) is 0 Å². The number of carbonyl (C=O) groups is 1. The quantitative estimate of drug-likeness (QED) is 0.574. The molecule has 0 atom stereocenters. The normalized spacial score (nSPS) is 11.9. The average molecular weight is 279 g/mol. The molecule has 0 amide bonds. The van der Waals surface area contributed by atoms with Crippen LogP contribution in [0.4, 0.5) is 4.39 Å². The van der Waals surface area contributed by atoms with E-state index >= 15 is 0 Å². The molecule has 3 heteroatoms. The first-order valence-corrected chi connectivity index (χ1v) is 7.30. The van der Waals surface area contributed by atoms with Gasteiger partial charge in [-0.3, -0.25) is 4.79 Å². The summed E-state index contributed by atoms with van der Waals surface area (Å²) in [6.45, 7) is 10.5. The molecule has 0 aromatic heterocycles. The fourth-order valence-corrected chi connectivity index (χ4v) is 2.59. The van der Waals surface area contributed by atoms with Gasteiger partial charge in [0, 0.05) is 25.1 Å². The second kappa shape index (κ2) is 7.53. The Balaban J connectivity index is 2.30.